The maximum atomic E-state index is 13.2. The quantitative estimate of drug-likeness (QED) is 0.512. The molecule has 9 nitrogen and oxygen atoms in total. The zero-order valence-electron chi connectivity index (χ0n) is 19.3. The molecule has 1 fully saturated rings. The molecule has 2 N–H and O–H groups in total. The van der Waals surface area contributed by atoms with E-state index in [0.717, 1.165) is 10.5 Å². The van der Waals surface area contributed by atoms with Gasteiger partial charge in [0.1, 0.15) is 11.8 Å². The number of primary sulfonamides is 1. The number of amides is 3. The fraction of sp³-hybridized carbons (Fsp3) is 0.375. The summed E-state index contributed by atoms with van der Waals surface area (Å²) < 4.78 is 28.3. The highest BCUT2D eigenvalue weighted by atomic mass is 32.2. The van der Waals surface area contributed by atoms with Gasteiger partial charge in [-0.15, -0.1) is 0 Å². The predicted octanol–water partition coefficient (Wildman–Crippen LogP) is 2.24. The molecular formula is C24H29N3O6S. The second-order valence-electron chi connectivity index (χ2n) is 7.99. The van der Waals surface area contributed by atoms with Gasteiger partial charge in [0.2, 0.25) is 21.8 Å². The molecule has 1 aliphatic rings. The SMILES string of the molecule is CCCC(=O)N(CCc1ccc(S(N)(=O)=O)cc1)C1CC(=O)N(c2ccc(OCC)cc2)C1=O. The highest BCUT2D eigenvalue weighted by molar-refractivity contribution is 7.89. The van der Waals surface area contributed by atoms with Gasteiger partial charge < -0.3 is 9.64 Å². The third kappa shape index (κ3) is 5.81. The number of imide groups is 1. The molecule has 10 heteroatoms. The van der Waals surface area contributed by atoms with Crippen molar-refractivity contribution in [2.24, 2.45) is 5.14 Å². The van der Waals surface area contributed by atoms with Crippen molar-refractivity contribution in [2.45, 2.75) is 50.5 Å². The molecule has 1 aliphatic heterocycles. The molecule has 34 heavy (non-hydrogen) atoms. The smallest absolute Gasteiger partial charge is 0.257 e. The number of carbonyl (C=O) groups excluding carboxylic acids is 3. The summed E-state index contributed by atoms with van der Waals surface area (Å²) in [7, 11) is -3.80. The van der Waals surface area contributed by atoms with Crippen LogP contribution in [0.1, 0.15) is 38.7 Å². The summed E-state index contributed by atoms with van der Waals surface area (Å²) in [6.45, 7) is 4.45. The van der Waals surface area contributed by atoms with Crippen molar-refractivity contribution >= 4 is 33.4 Å². The minimum Gasteiger partial charge on any atom is -0.494 e. The summed E-state index contributed by atoms with van der Waals surface area (Å²) in [5.41, 5.74) is 1.21. The third-order valence-corrected chi connectivity index (χ3v) is 6.51. The fourth-order valence-electron chi connectivity index (χ4n) is 3.90. The van der Waals surface area contributed by atoms with Gasteiger partial charge in [-0.05, 0) is 61.7 Å². The lowest BCUT2D eigenvalue weighted by Gasteiger charge is -2.28. The Morgan fingerprint density at radius 2 is 1.74 bits per heavy atom. The van der Waals surface area contributed by atoms with Crippen molar-refractivity contribution in [3.8, 4) is 5.75 Å². The summed E-state index contributed by atoms with van der Waals surface area (Å²) >= 11 is 0. The van der Waals surface area contributed by atoms with E-state index in [1.165, 1.54) is 17.0 Å². The molecule has 2 aromatic carbocycles. The zero-order valence-corrected chi connectivity index (χ0v) is 20.1. The average Bonchev–Trinajstić information content (AvgIpc) is 3.08. The number of rotatable bonds is 10. The van der Waals surface area contributed by atoms with Crippen LogP contribution in [0.5, 0.6) is 5.75 Å². The summed E-state index contributed by atoms with van der Waals surface area (Å²) in [5, 5.41) is 5.14. The largest absolute Gasteiger partial charge is 0.494 e. The lowest BCUT2D eigenvalue weighted by atomic mass is 10.1. The number of carbonyl (C=O) groups is 3. The van der Waals surface area contributed by atoms with Gasteiger partial charge in [-0.2, -0.15) is 0 Å². The molecule has 0 bridgehead atoms. The Morgan fingerprint density at radius 1 is 1.09 bits per heavy atom. The first kappa shape index (κ1) is 25.4. The van der Waals surface area contributed by atoms with Gasteiger partial charge in [-0.25, -0.2) is 18.5 Å². The molecule has 1 atom stereocenters. The van der Waals surface area contributed by atoms with Crippen molar-refractivity contribution in [1.82, 2.24) is 4.90 Å². The van der Waals surface area contributed by atoms with Crippen LogP contribution in [0, 0.1) is 0 Å². The van der Waals surface area contributed by atoms with Gasteiger partial charge in [0.25, 0.3) is 5.91 Å². The monoisotopic (exact) mass is 487 g/mol. The highest BCUT2D eigenvalue weighted by Crippen LogP contribution is 2.28. The van der Waals surface area contributed by atoms with E-state index in [4.69, 9.17) is 9.88 Å². The number of ether oxygens (including phenoxy) is 1. The van der Waals surface area contributed by atoms with Crippen molar-refractivity contribution in [1.29, 1.82) is 0 Å². The zero-order chi connectivity index (χ0) is 24.9. The van der Waals surface area contributed by atoms with Crippen LogP contribution in [-0.2, 0) is 30.8 Å². The standard InChI is InChI=1S/C24H29N3O6S/c1-3-5-22(28)26(15-14-17-6-12-20(13-7-17)34(25,31)32)21-16-23(29)27(24(21)30)18-8-10-19(11-9-18)33-4-2/h6-13,21H,3-5,14-16H2,1-2H3,(H2,25,31,32). The Balaban J connectivity index is 1.78. The average molecular weight is 488 g/mol. The van der Waals surface area contributed by atoms with Crippen LogP contribution in [0.15, 0.2) is 53.4 Å². The Bertz CT molecular complexity index is 1150. The first-order valence-corrected chi connectivity index (χ1v) is 12.7. The number of anilines is 1. The Labute approximate surface area is 199 Å². The second kappa shape index (κ2) is 10.8. The van der Waals surface area contributed by atoms with Crippen molar-refractivity contribution in [3.63, 3.8) is 0 Å². The number of hydrogen-bond donors (Lipinski definition) is 1. The van der Waals surface area contributed by atoms with E-state index in [-0.39, 0.29) is 36.1 Å². The van der Waals surface area contributed by atoms with E-state index in [1.807, 2.05) is 13.8 Å². The predicted molar refractivity (Wildman–Crippen MR) is 127 cm³/mol. The topological polar surface area (TPSA) is 127 Å². The van der Waals surface area contributed by atoms with Gasteiger partial charge in [-0.3, -0.25) is 14.4 Å². The molecule has 0 spiro atoms. The number of hydrogen-bond acceptors (Lipinski definition) is 6. The van der Waals surface area contributed by atoms with Crippen molar-refractivity contribution in [2.75, 3.05) is 18.1 Å². The van der Waals surface area contributed by atoms with E-state index >= 15 is 0 Å². The first-order valence-electron chi connectivity index (χ1n) is 11.2. The fourth-order valence-corrected chi connectivity index (χ4v) is 4.41. The lowest BCUT2D eigenvalue weighted by molar-refractivity contribution is -0.138. The van der Waals surface area contributed by atoms with Gasteiger partial charge >= 0.3 is 0 Å². The minimum absolute atomic E-state index is 0.00210. The number of nitrogens with zero attached hydrogens (tertiary/aromatic N) is 2. The number of nitrogens with two attached hydrogens (primary N) is 1. The molecule has 0 aliphatic carbocycles. The van der Waals surface area contributed by atoms with Crippen LogP contribution in [0.2, 0.25) is 0 Å². The van der Waals surface area contributed by atoms with E-state index in [2.05, 4.69) is 0 Å². The number of benzene rings is 2. The normalized spacial score (nSPS) is 16.1. The van der Waals surface area contributed by atoms with E-state index < -0.39 is 22.0 Å². The third-order valence-electron chi connectivity index (χ3n) is 5.58. The molecule has 182 valence electrons. The lowest BCUT2D eigenvalue weighted by Crippen LogP contribution is -2.46. The van der Waals surface area contributed by atoms with Crippen molar-refractivity contribution < 1.29 is 27.5 Å². The van der Waals surface area contributed by atoms with Crippen LogP contribution in [0.4, 0.5) is 5.69 Å². The van der Waals surface area contributed by atoms with Gasteiger partial charge in [-0.1, -0.05) is 19.1 Å². The van der Waals surface area contributed by atoms with Crippen LogP contribution in [0.3, 0.4) is 0 Å². The maximum absolute atomic E-state index is 13.2. The molecule has 1 unspecified atom stereocenters. The summed E-state index contributed by atoms with van der Waals surface area (Å²) in [4.78, 5) is 41.5. The van der Waals surface area contributed by atoms with E-state index in [1.54, 1.807) is 36.4 Å². The van der Waals surface area contributed by atoms with Crippen LogP contribution >= 0.6 is 0 Å². The summed E-state index contributed by atoms with van der Waals surface area (Å²) in [6.07, 6.45) is 1.16. The van der Waals surface area contributed by atoms with Crippen LogP contribution in [-0.4, -0.2) is 50.2 Å². The summed E-state index contributed by atoms with van der Waals surface area (Å²) in [6, 6.07) is 11.8. The molecule has 0 aromatic heterocycles. The molecule has 1 heterocycles. The maximum Gasteiger partial charge on any atom is 0.257 e. The Kier molecular flexibility index (Phi) is 8.06. The Morgan fingerprint density at radius 3 is 2.29 bits per heavy atom. The molecule has 3 amide bonds. The molecule has 3 rings (SSSR count). The molecule has 0 radical (unpaired) electrons. The molecule has 1 saturated heterocycles. The molecular weight excluding hydrogens is 458 g/mol. The first-order chi connectivity index (χ1) is 16.2. The highest BCUT2D eigenvalue weighted by Gasteiger charge is 2.44. The van der Waals surface area contributed by atoms with E-state index in [9.17, 15) is 22.8 Å². The van der Waals surface area contributed by atoms with Crippen LogP contribution < -0.4 is 14.8 Å². The van der Waals surface area contributed by atoms with Gasteiger partial charge in [0, 0.05) is 13.0 Å². The van der Waals surface area contributed by atoms with Gasteiger partial charge in [0.05, 0.1) is 23.6 Å². The second-order valence-corrected chi connectivity index (χ2v) is 9.55. The Hall–Kier alpha value is -3.24. The van der Waals surface area contributed by atoms with E-state index in [0.29, 0.717) is 30.9 Å². The van der Waals surface area contributed by atoms with Crippen LogP contribution in [0.25, 0.3) is 0 Å². The van der Waals surface area contributed by atoms with Crippen molar-refractivity contribution in [3.05, 3.63) is 54.1 Å². The molecule has 0 saturated carbocycles. The molecule has 2 aromatic rings. The number of sulfonamides is 1. The van der Waals surface area contributed by atoms with Gasteiger partial charge in [0.15, 0.2) is 0 Å². The summed E-state index contributed by atoms with van der Waals surface area (Å²) in [5.74, 6) is -0.382. The minimum atomic E-state index is -3.80.